The van der Waals surface area contributed by atoms with Gasteiger partial charge in [-0.05, 0) is 31.0 Å². The van der Waals surface area contributed by atoms with Gasteiger partial charge in [-0.2, -0.15) is 0 Å². The smallest absolute Gasteiger partial charge is 0.270 e. The summed E-state index contributed by atoms with van der Waals surface area (Å²) in [7, 11) is 0. The molecule has 0 saturated heterocycles. The number of nitrogens with one attached hydrogen (secondary N) is 2. The number of nitrogens with zero attached hydrogens (tertiary/aromatic N) is 1. The summed E-state index contributed by atoms with van der Waals surface area (Å²) >= 11 is 4.91. The number of amides is 1. The van der Waals surface area contributed by atoms with Gasteiger partial charge in [0.25, 0.3) is 5.56 Å². The Morgan fingerprint density at radius 2 is 2.04 bits per heavy atom. The molecule has 3 rings (SSSR count). The molecule has 122 valence electrons. The first-order valence-electron chi connectivity index (χ1n) is 7.52. The minimum atomic E-state index is -0.161. The average Bonchev–Trinajstić information content (AvgIpc) is 2.74. The largest absolute Gasteiger partial charge is 0.310 e. The molecule has 1 amide bonds. The second kappa shape index (κ2) is 6.57. The Balaban J connectivity index is 2.15. The Kier molecular flexibility index (Phi) is 4.68. The lowest BCUT2D eigenvalue weighted by molar-refractivity contribution is -0.113. The monoisotopic (exact) mass is 395 g/mol. The van der Waals surface area contributed by atoms with Crippen molar-refractivity contribution in [2.45, 2.75) is 31.6 Å². The molecule has 0 unspecified atom stereocenters. The van der Waals surface area contributed by atoms with Crippen LogP contribution in [0.15, 0.2) is 33.5 Å². The van der Waals surface area contributed by atoms with Crippen LogP contribution >= 0.6 is 27.7 Å². The Bertz CT molecular complexity index is 782. The number of rotatable bonds is 3. The van der Waals surface area contributed by atoms with Crippen molar-refractivity contribution < 1.29 is 4.79 Å². The first-order valence-corrected chi connectivity index (χ1v) is 9.36. The number of aromatic amines is 1. The highest BCUT2D eigenvalue weighted by Gasteiger charge is 2.31. The maximum absolute atomic E-state index is 12.6. The Hall–Kier alpha value is -1.47. The number of H-pyrrole nitrogens is 1. The van der Waals surface area contributed by atoms with Crippen molar-refractivity contribution in [3.05, 3.63) is 50.2 Å². The molecule has 2 atom stereocenters. The molecular weight excluding hydrogens is 378 g/mol. The third-order valence-electron chi connectivity index (χ3n) is 4.07. The Labute approximate surface area is 147 Å². The number of anilines is 1. The first-order chi connectivity index (χ1) is 11.0. The van der Waals surface area contributed by atoms with Gasteiger partial charge in [-0.15, -0.1) is 11.8 Å². The number of thioether (sulfide) groups is 1. The standard InChI is InChI=1S/C16H18BrN3O2S/c1-3-9(2)20-15-13(16(22)19-20)14(23-8-12(21)18-15)10-4-6-11(17)7-5-10/h4-7,9,14H,3,8H2,1-2H3,(H,18,21)(H,19,22)/t9-,14+/m0/s1. The maximum atomic E-state index is 12.6. The van der Waals surface area contributed by atoms with E-state index in [4.69, 9.17) is 0 Å². The minimum absolute atomic E-state index is 0.0769. The molecule has 1 aliphatic heterocycles. The van der Waals surface area contributed by atoms with Gasteiger partial charge in [-0.1, -0.05) is 35.0 Å². The van der Waals surface area contributed by atoms with Gasteiger partial charge in [0.05, 0.1) is 16.6 Å². The SMILES string of the molecule is CC[C@H](C)n1[nH]c(=O)c2c1NC(=O)CS[C@@H]2c1ccc(Br)cc1. The van der Waals surface area contributed by atoms with Gasteiger partial charge in [0.2, 0.25) is 5.91 Å². The molecule has 0 bridgehead atoms. The molecule has 23 heavy (non-hydrogen) atoms. The van der Waals surface area contributed by atoms with E-state index in [-0.39, 0.29) is 22.8 Å². The Morgan fingerprint density at radius 1 is 1.35 bits per heavy atom. The minimum Gasteiger partial charge on any atom is -0.310 e. The highest BCUT2D eigenvalue weighted by Crippen LogP contribution is 2.40. The summed E-state index contributed by atoms with van der Waals surface area (Å²) in [6, 6.07) is 7.99. The van der Waals surface area contributed by atoms with Crippen LogP contribution in [0.3, 0.4) is 0 Å². The molecular formula is C16H18BrN3O2S. The zero-order valence-corrected chi connectivity index (χ0v) is 15.3. The van der Waals surface area contributed by atoms with Crippen LogP contribution in [0, 0.1) is 0 Å². The molecule has 2 N–H and O–H groups in total. The average molecular weight is 396 g/mol. The highest BCUT2D eigenvalue weighted by atomic mass is 79.9. The van der Waals surface area contributed by atoms with Crippen LogP contribution < -0.4 is 10.9 Å². The van der Waals surface area contributed by atoms with Crippen molar-refractivity contribution in [3.8, 4) is 0 Å². The summed E-state index contributed by atoms with van der Waals surface area (Å²) in [4.78, 5) is 24.6. The lowest BCUT2D eigenvalue weighted by Crippen LogP contribution is -2.18. The summed E-state index contributed by atoms with van der Waals surface area (Å²) in [5.41, 5.74) is 1.51. The van der Waals surface area contributed by atoms with Crippen molar-refractivity contribution >= 4 is 39.4 Å². The van der Waals surface area contributed by atoms with Gasteiger partial charge in [0, 0.05) is 10.5 Å². The molecule has 0 spiro atoms. The number of halogens is 1. The van der Waals surface area contributed by atoms with Crippen molar-refractivity contribution in [1.82, 2.24) is 9.78 Å². The van der Waals surface area contributed by atoms with E-state index in [0.717, 1.165) is 16.5 Å². The van der Waals surface area contributed by atoms with E-state index in [1.54, 1.807) is 4.68 Å². The van der Waals surface area contributed by atoms with Gasteiger partial charge >= 0.3 is 0 Å². The molecule has 7 heteroatoms. The Morgan fingerprint density at radius 3 is 2.70 bits per heavy atom. The van der Waals surface area contributed by atoms with Crippen LogP contribution in [-0.2, 0) is 4.79 Å². The summed E-state index contributed by atoms with van der Waals surface area (Å²) in [6.07, 6.45) is 0.864. The molecule has 0 aliphatic carbocycles. The number of benzene rings is 1. The second-order valence-corrected chi connectivity index (χ2v) is 7.63. The van der Waals surface area contributed by atoms with E-state index in [1.807, 2.05) is 31.2 Å². The molecule has 1 aliphatic rings. The summed E-state index contributed by atoms with van der Waals surface area (Å²) in [5.74, 6) is 0.856. The zero-order valence-electron chi connectivity index (χ0n) is 12.9. The van der Waals surface area contributed by atoms with Crippen LogP contribution in [0.5, 0.6) is 0 Å². The molecule has 0 saturated carbocycles. The number of carbonyl (C=O) groups is 1. The third-order valence-corrected chi connectivity index (χ3v) is 5.87. The van der Waals surface area contributed by atoms with Crippen molar-refractivity contribution in [2.75, 3.05) is 11.1 Å². The molecule has 5 nitrogen and oxygen atoms in total. The third kappa shape index (κ3) is 3.12. The van der Waals surface area contributed by atoms with Crippen molar-refractivity contribution in [2.24, 2.45) is 0 Å². The second-order valence-electron chi connectivity index (χ2n) is 5.62. The van der Waals surface area contributed by atoms with Crippen LogP contribution in [0.1, 0.15) is 42.7 Å². The summed E-state index contributed by atoms with van der Waals surface area (Å²) in [5, 5.41) is 5.63. The van der Waals surface area contributed by atoms with Crippen LogP contribution in [0.2, 0.25) is 0 Å². The van der Waals surface area contributed by atoms with E-state index in [1.165, 1.54) is 11.8 Å². The lowest BCUT2D eigenvalue weighted by atomic mass is 10.1. The van der Waals surface area contributed by atoms with E-state index in [0.29, 0.717) is 17.1 Å². The predicted molar refractivity (Wildman–Crippen MR) is 97.1 cm³/mol. The fourth-order valence-corrected chi connectivity index (χ4v) is 4.05. The molecule has 1 aromatic carbocycles. The number of carbonyl (C=O) groups excluding carboxylic acids is 1. The highest BCUT2D eigenvalue weighted by molar-refractivity contribution is 9.10. The fourth-order valence-electron chi connectivity index (χ4n) is 2.66. The van der Waals surface area contributed by atoms with Gasteiger partial charge < -0.3 is 5.32 Å². The number of hydrogen-bond donors (Lipinski definition) is 2. The van der Waals surface area contributed by atoms with Gasteiger partial charge in [0.1, 0.15) is 5.82 Å². The molecule has 0 radical (unpaired) electrons. The van der Waals surface area contributed by atoms with Crippen LogP contribution in [0.4, 0.5) is 5.82 Å². The zero-order chi connectivity index (χ0) is 16.6. The van der Waals surface area contributed by atoms with E-state index in [2.05, 4.69) is 33.3 Å². The van der Waals surface area contributed by atoms with Gasteiger partial charge in [-0.25, -0.2) is 0 Å². The summed E-state index contributed by atoms with van der Waals surface area (Å²) in [6.45, 7) is 4.07. The first kappa shape index (κ1) is 16.4. The lowest BCUT2D eigenvalue weighted by Gasteiger charge is -2.16. The van der Waals surface area contributed by atoms with Crippen LogP contribution in [-0.4, -0.2) is 21.4 Å². The van der Waals surface area contributed by atoms with E-state index in [9.17, 15) is 9.59 Å². The number of hydrogen-bond acceptors (Lipinski definition) is 3. The molecule has 1 aromatic heterocycles. The topological polar surface area (TPSA) is 66.9 Å². The maximum Gasteiger partial charge on any atom is 0.270 e. The quantitative estimate of drug-likeness (QED) is 0.832. The molecule has 2 aromatic rings. The number of aromatic nitrogens is 2. The van der Waals surface area contributed by atoms with E-state index >= 15 is 0 Å². The van der Waals surface area contributed by atoms with Gasteiger partial charge in [0.15, 0.2) is 0 Å². The number of fused-ring (bicyclic) bond motifs is 1. The van der Waals surface area contributed by atoms with Crippen molar-refractivity contribution in [3.63, 3.8) is 0 Å². The molecule has 0 fully saturated rings. The van der Waals surface area contributed by atoms with Gasteiger partial charge in [-0.3, -0.25) is 19.4 Å². The molecule has 2 heterocycles. The normalized spacial score (nSPS) is 18.9. The van der Waals surface area contributed by atoms with E-state index < -0.39 is 0 Å². The fraction of sp³-hybridized carbons (Fsp3) is 0.375. The summed E-state index contributed by atoms with van der Waals surface area (Å²) < 4.78 is 2.77. The van der Waals surface area contributed by atoms with Crippen molar-refractivity contribution in [1.29, 1.82) is 0 Å². The van der Waals surface area contributed by atoms with Crippen LogP contribution in [0.25, 0.3) is 0 Å². The predicted octanol–water partition coefficient (Wildman–Crippen LogP) is 3.68.